The summed E-state index contributed by atoms with van der Waals surface area (Å²) >= 11 is 0. The fourth-order valence-electron chi connectivity index (χ4n) is 1.66. The molecule has 0 spiro atoms. The Hall–Kier alpha value is -2.33. The molecule has 2 atom stereocenters. The first-order valence-electron chi connectivity index (χ1n) is 6.74. The first kappa shape index (κ1) is 16.7. The van der Waals surface area contributed by atoms with Gasteiger partial charge >= 0.3 is 5.97 Å². The fourth-order valence-corrected chi connectivity index (χ4v) is 1.66. The van der Waals surface area contributed by atoms with Crippen molar-refractivity contribution in [3.63, 3.8) is 0 Å². The van der Waals surface area contributed by atoms with Crippen molar-refractivity contribution in [2.24, 2.45) is 5.73 Å². The van der Waals surface area contributed by atoms with Crippen molar-refractivity contribution in [3.05, 3.63) is 65.7 Å². The predicted octanol–water partition coefficient (Wildman–Crippen LogP) is 3.29. The SMILES string of the molecule is CC(C(=O)O)c1ccc(O)cc1.C[C@@H](N)c1ccccc1. The zero-order valence-electron chi connectivity index (χ0n) is 12.2. The maximum atomic E-state index is 10.5. The van der Waals surface area contributed by atoms with Gasteiger partial charge in [0.05, 0.1) is 5.92 Å². The smallest absolute Gasteiger partial charge is 0.310 e. The molecule has 0 aliphatic carbocycles. The van der Waals surface area contributed by atoms with E-state index >= 15 is 0 Å². The topological polar surface area (TPSA) is 83.5 Å². The Labute approximate surface area is 124 Å². The molecule has 4 heteroatoms. The zero-order valence-corrected chi connectivity index (χ0v) is 12.2. The minimum absolute atomic E-state index is 0.149. The monoisotopic (exact) mass is 287 g/mol. The molecule has 1 unspecified atom stereocenters. The highest BCUT2D eigenvalue weighted by Gasteiger charge is 2.12. The van der Waals surface area contributed by atoms with Crippen molar-refractivity contribution in [2.45, 2.75) is 25.8 Å². The lowest BCUT2D eigenvalue weighted by Crippen LogP contribution is -2.06. The molecule has 2 aromatic carbocycles. The minimum Gasteiger partial charge on any atom is -0.508 e. The first-order valence-corrected chi connectivity index (χ1v) is 6.74. The van der Waals surface area contributed by atoms with Crippen molar-refractivity contribution in [1.29, 1.82) is 0 Å². The van der Waals surface area contributed by atoms with Crippen molar-refractivity contribution in [2.75, 3.05) is 0 Å². The van der Waals surface area contributed by atoms with E-state index in [9.17, 15) is 4.79 Å². The molecule has 0 radical (unpaired) electrons. The van der Waals surface area contributed by atoms with Crippen LogP contribution in [-0.4, -0.2) is 16.2 Å². The van der Waals surface area contributed by atoms with Crippen LogP contribution in [-0.2, 0) is 4.79 Å². The molecule has 0 saturated carbocycles. The molecule has 0 amide bonds. The molecule has 2 rings (SSSR count). The van der Waals surface area contributed by atoms with Gasteiger partial charge < -0.3 is 15.9 Å². The van der Waals surface area contributed by atoms with E-state index in [4.69, 9.17) is 15.9 Å². The molecular formula is C17H21NO3. The van der Waals surface area contributed by atoms with E-state index in [0.29, 0.717) is 5.56 Å². The molecule has 112 valence electrons. The normalized spacial score (nSPS) is 12.7. The molecule has 0 fully saturated rings. The van der Waals surface area contributed by atoms with Crippen LogP contribution in [0.1, 0.15) is 36.9 Å². The number of rotatable bonds is 3. The van der Waals surface area contributed by atoms with Crippen molar-refractivity contribution in [3.8, 4) is 5.75 Å². The number of aromatic hydroxyl groups is 1. The Morgan fingerprint density at radius 1 is 0.952 bits per heavy atom. The van der Waals surface area contributed by atoms with Crippen LogP contribution in [0.2, 0.25) is 0 Å². The van der Waals surface area contributed by atoms with E-state index in [0.717, 1.165) is 0 Å². The predicted molar refractivity (Wildman–Crippen MR) is 83.2 cm³/mol. The van der Waals surface area contributed by atoms with Gasteiger partial charge in [-0.3, -0.25) is 4.79 Å². The lowest BCUT2D eigenvalue weighted by atomic mass is 10.0. The summed E-state index contributed by atoms with van der Waals surface area (Å²) < 4.78 is 0. The van der Waals surface area contributed by atoms with E-state index < -0.39 is 11.9 Å². The molecule has 2 aromatic rings. The maximum Gasteiger partial charge on any atom is 0.310 e. The lowest BCUT2D eigenvalue weighted by Gasteiger charge is -2.05. The summed E-state index contributed by atoms with van der Waals surface area (Å²) in [5.41, 5.74) is 7.50. The number of benzene rings is 2. The Balaban J connectivity index is 0.000000219. The van der Waals surface area contributed by atoms with Crippen LogP contribution in [0.5, 0.6) is 5.75 Å². The molecule has 0 aromatic heterocycles. The van der Waals surface area contributed by atoms with Gasteiger partial charge in [-0.1, -0.05) is 42.5 Å². The molecule has 4 nitrogen and oxygen atoms in total. The van der Waals surface area contributed by atoms with Crippen LogP contribution < -0.4 is 5.73 Å². The van der Waals surface area contributed by atoms with Gasteiger partial charge in [0.1, 0.15) is 5.75 Å². The Morgan fingerprint density at radius 2 is 1.48 bits per heavy atom. The van der Waals surface area contributed by atoms with Gasteiger partial charge in [0.25, 0.3) is 0 Å². The summed E-state index contributed by atoms with van der Waals surface area (Å²) in [6.45, 7) is 3.59. The molecule has 21 heavy (non-hydrogen) atoms. The van der Waals surface area contributed by atoms with Gasteiger partial charge in [0.15, 0.2) is 0 Å². The summed E-state index contributed by atoms with van der Waals surface area (Å²) in [4.78, 5) is 10.5. The van der Waals surface area contributed by atoms with E-state index in [1.807, 2.05) is 37.3 Å². The highest BCUT2D eigenvalue weighted by molar-refractivity contribution is 5.75. The van der Waals surface area contributed by atoms with Gasteiger partial charge in [0.2, 0.25) is 0 Å². The maximum absolute atomic E-state index is 10.5. The number of carbonyl (C=O) groups is 1. The number of nitrogens with two attached hydrogens (primary N) is 1. The number of carboxylic acid groups (broad SMARTS) is 1. The van der Waals surface area contributed by atoms with Gasteiger partial charge in [-0.05, 0) is 37.1 Å². The van der Waals surface area contributed by atoms with Gasteiger partial charge in [-0.2, -0.15) is 0 Å². The molecule has 0 saturated heterocycles. The summed E-state index contributed by atoms with van der Waals surface area (Å²) in [7, 11) is 0. The van der Waals surface area contributed by atoms with Crippen LogP contribution >= 0.6 is 0 Å². The second-order valence-corrected chi connectivity index (χ2v) is 4.85. The number of aliphatic carboxylic acids is 1. The third kappa shape index (κ3) is 5.67. The number of phenols is 1. The molecule has 0 aliphatic heterocycles. The summed E-state index contributed by atoms with van der Waals surface area (Å²) in [5.74, 6) is -1.23. The summed E-state index contributed by atoms with van der Waals surface area (Å²) in [6, 6.07) is 16.4. The average Bonchev–Trinajstić information content (AvgIpc) is 2.49. The molecular weight excluding hydrogens is 266 g/mol. The second kappa shape index (κ2) is 8.07. The van der Waals surface area contributed by atoms with Crippen LogP contribution in [0.4, 0.5) is 0 Å². The Morgan fingerprint density at radius 3 is 1.86 bits per heavy atom. The quantitative estimate of drug-likeness (QED) is 0.809. The molecule has 0 heterocycles. The Kier molecular flexibility index (Phi) is 6.43. The molecule has 4 N–H and O–H groups in total. The lowest BCUT2D eigenvalue weighted by molar-refractivity contribution is -0.138. The number of hydrogen-bond acceptors (Lipinski definition) is 3. The number of phenolic OH excluding ortho intramolecular Hbond substituents is 1. The van der Waals surface area contributed by atoms with Gasteiger partial charge in [-0.15, -0.1) is 0 Å². The third-order valence-corrected chi connectivity index (χ3v) is 3.09. The van der Waals surface area contributed by atoms with E-state index in [2.05, 4.69) is 0 Å². The van der Waals surface area contributed by atoms with Crippen LogP contribution in [0.25, 0.3) is 0 Å². The summed E-state index contributed by atoms with van der Waals surface area (Å²) in [5, 5.41) is 17.6. The minimum atomic E-state index is -0.860. The van der Waals surface area contributed by atoms with Crippen LogP contribution in [0.15, 0.2) is 54.6 Å². The average molecular weight is 287 g/mol. The second-order valence-electron chi connectivity index (χ2n) is 4.85. The van der Waals surface area contributed by atoms with Crippen molar-refractivity contribution in [1.82, 2.24) is 0 Å². The van der Waals surface area contributed by atoms with Crippen molar-refractivity contribution >= 4 is 5.97 Å². The number of hydrogen-bond donors (Lipinski definition) is 3. The van der Waals surface area contributed by atoms with Crippen LogP contribution in [0.3, 0.4) is 0 Å². The third-order valence-electron chi connectivity index (χ3n) is 3.09. The van der Waals surface area contributed by atoms with Gasteiger partial charge in [0, 0.05) is 6.04 Å². The van der Waals surface area contributed by atoms with Gasteiger partial charge in [-0.25, -0.2) is 0 Å². The largest absolute Gasteiger partial charge is 0.508 e. The molecule has 0 aliphatic rings. The number of carboxylic acids is 1. The highest BCUT2D eigenvalue weighted by atomic mass is 16.4. The van der Waals surface area contributed by atoms with E-state index in [-0.39, 0.29) is 11.8 Å². The summed E-state index contributed by atoms with van der Waals surface area (Å²) in [6.07, 6.45) is 0. The van der Waals surface area contributed by atoms with E-state index in [1.165, 1.54) is 17.7 Å². The van der Waals surface area contributed by atoms with Crippen molar-refractivity contribution < 1.29 is 15.0 Å². The highest BCUT2D eigenvalue weighted by Crippen LogP contribution is 2.18. The Bertz CT molecular complexity index is 550. The standard InChI is InChI=1S/C9H10O3.C8H11N/c1-6(9(11)12)7-2-4-8(10)5-3-7;1-7(9)8-5-3-2-4-6-8/h2-6,10H,1H3,(H,11,12);2-7H,9H2,1H3/t;7-/m.1/s1. The zero-order chi connectivity index (χ0) is 15.8. The van der Waals surface area contributed by atoms with E-state index in [1.54, 1.807) is 19.1 Å². The first-order chi connectivity index (χ1) is 9.91. The molecule has 0 bridgehead atoms. The van der Waals surface area contributed by atoms with Crippen LogP contribution in [0, 0.1) is 0 Å². The fraction of sp³-hybridized carbons (Fsp3) is 0.235.